The van der Waals surface area contributed by atoms with E-state index in [4.69, 9.17) is 4.74 Å². The van der Waals surface area contributed by atoms with E-state index in [1.54, 1.807) is 6.92 Å². The Balaban J connectivity index is 2.98. The molecule has 1 aromatic rings. The fourth-order valence-electron chi connectivity index (χ4n) is 1.75. The van der Waals surface area contributed by atoms with E-state index in [0.717, 1.165) is 5.56 Å². The minimum Gasteiger partial charge on any atom is -0.465 e. The molecule has 0 saturated carbocycles. The van der Waals surface area contributed by atoms with Crippen molar-refractivity contribution in [3.05, 3.63) is 35.9 Å². The van der Waals surface area contributed by atoms with Crippen molar-refractivity contribution in [3.63, 3.8) is 0 Å². The highest BCUT2D eigenvalue weighted by Gasteiger charge is 2.31. The molecule has 3 nitrogen and oxygen atoms in total. The molecule has 0 aliphatic rings. The number of hydrogen-bond donors (Lipinski definition) is 1. The van der Waals surface area contributed by atoms with E-state index in [1.807, 2.05) is 44.2 Å². The first kappa shape index (κ1) is 13.7. The summed E-state index contributed by atoms with van der Waals surface area (Å²) >= 11 is 0. The van der Waals surface area contributed by atoms with Crippen LogP contribution in [0.4, 0.5) is 0 Å². The van der Waals surface area contributed by atoms with Gasteiger partial charge in [0.15, 0.2) is 0 Å². The van der Waals surface area contributed by atoms with Gasteiger partial charge in [-0.2, -0.15) is 0 Å². The Morgan fingerprint density at radius 1 is 1.29 bits per heavy atom. The molecular weight excluding hydrogens is 216 g/mol. The normalized spacial score (nSPS) is 14.4. The fraction of sp³-hybridized carbons (Fsp3) is 0.500. The summed E-state index contributed by atoms with van der Waals surface area (Å²) in [6.45, 7) is 5.87. The minimum absolute atomic E-state index is 0.00427. The van der Waals surface area contributed by atoms with E-state index in [-0.39, 0.29) is 11.9 Å². The van der Waals surface area contributed by atoms with Crippen LogP contribution in [0.5, 0.6) is 0 Å². The second-order valence-electron chi connectivity index (χ2n) is 4.38. The molecule has 17 heavy (non-hydrogen) atoms. The molecule has 0 radical (unpaired) electrons. The number of rotatable bonds is 5. The first-order valence-corrected chi connectivity index (χ1v) is 5.97. The zero-order valence-electron chi connectivity index (χ0n) is 10.6. The Kier molecular flexibility index (Phi) is 5.16. The van der Waals surface area contributed by atoms with Gasteiger partial charge in [-0.3, -0.25) is 4.79 Å². The van der Waals surface area contributed by atoms with E-state index in [2.05, 4.69) is 0 Å². The number of carbonyl (C=O) groups is 1. The number of aliphatic hydroxyl groups excluding tert-OH is 1. The zero-order valence-corrected chi connectivity index (χ0v) is 10.6. The van der Waals surface area contributed by atoms with Crippen LogP contribution in [0.15, 0.2) is 30.3 Å². The third kappa shape index (κ3) is 3.56. The highest BCUT2D eigenvalue weighted by molar-refractivity contribution is 5.79. The maximum atomic E-state index is 11.9. The predicted octanol–water partition coefficient (Wildman–Crippen LogP) is 2.35. The van der Waals surface area contributed by atoms with E-state index in [1.165, 1.54) is 0 Å². The van der Waals surface area contributed by atoms with Gasteiger partial charge in [0.2, 0.25) is 0 Å². The topological polar surface area (TPSA) is 46.5 Å². The summed E-state index contributed by atoms with van der Waals surface area (Å²) in [4.78, 5) is 11.9. The third-order valence-corrected chi connectivity index (χ3v) is 2.72. The van der Waals surface area contributed by atoms with Gasteiger partial charge < -0.3 is 9.84 Å². The first-order chi connectivity index (χ1) is 8.07. The molecule has 0 fully saturated rings. The van der Waals surface area contributed by atoms with Crippen molar-refractivity contribution >= 4 is 5.97 Å². The summed E-state index contributed by atoms with van der Waals surface area (Å²) in [5.74, 6) is -0.958. The van der Waals surface area contributed by atoms with Crippen LogP contribution in [0.1, 0.15) is 32.3 Å². The van der Waals surface area contributed by atoms with Crippen LogP contribution >= 0.6 is 0 Å². The average Bonchev–Trinajstić information content (AvgIpc) is 2.31. The van der Waals surface area contributed by atoms with Gasteiger partial charge in [-0.05, 0) is 18.4 Å². The molecular formula is C14H20O3. The van der Waals surface area contributed by atoms with Gasteiger partial charge in [0.05, 0.1) is 12.7 Å². The first-order valence-electron chi connectivity index (χ1n) is 5.97. The van der Waals surface area contributed by atoms with Gasteiger partial charge in [0, 0.05) is 0 Å². The zero-order chi connectivity index (χ0) is 12.8. The van der Waals surface area contributed by atoms with Crippen molar-refractivity contribution in [1.29, 1.82) is 0 Å². The molecule has 0 bridgehead atoms. The second kappa shape index (κ2) is 6.40. The van der Waals surface area contributed by atoms with Crippen LogP contribution in [0, 0.1) is 5.92 Å². The quantitative estimate of drug-likeness (QED) is 0.798. The molecule has 0 aromatic heterocycles. The molecule has 0 unspecified atom stereocenters. The van der Waals surface area contributed by atoms with E-state index in [0.29, 0.717) is 6.61 Å². The van der Waals surface area contributed by atoms with Crippen LogP contribution in [0.3, 0.4) is 0 Å². The van der Waals surface area contributed by atoms with E-state index >= 15 is 0 Å². The van der Waals surface area contributed by atoms with E-state index < -0.39 is 12.0 Å². The standard InChI is InChI=1S/C14H20O3/c1-4-17-14(16)12(13(15)10(2)3)11-8-6-5-7-9-11/h5-10,12-13,15H,4H2,1-3H3/t12-,13+/m0/s1. The third-order valence-electron chi connectivity index (χ3n) is 2.72. The van der Waals surface area contributed by atoms with Gasteiger partial charge in [0.25, 0.3) is 0 Å². The molecule has 0 saturated heterocycles. The van der Waals surface area contributed by atoms with Crippen LogP contribution in [0.25, 0.3) is 0 Å². The molecule has 0 aliphatic heterocycles. The molecule has 0 spiro atoms. The van der Waals surface area contributed by atoms with Crippen molar-refractivity contribution in [2.75, 3.05) is 6.61 Å². The van der Waals surface area contributed by atoms with Crippen molar-refractivity contribution < 1.29 is 14.6 Å². The van der Waals surface area contributed by atoms with Crippen LogP contribution in [-0.2, 0) is 9.53 Å². The lowest BCUT2D eigenvalue weighted by Crippen LogP contribution is -2.31. The minimum atomic E-state index is -0.726. The molecule has 1 aromatic carbocycles. The fourth-order valence-corrected chi connectivity index (χ4v) is 1.75. The summed E-state index contributed by atoms with van der Waals surface area (Å²) in [5.41, 5.74) is 0.798. The second-order valence-corrected chi connectivity index (χ2v) is 4.38. The molecule has 2 atom stereocenters. The number of ether oxygens (including phenoxy) is 1. The van der Waals surface area contributed by atoms with E-state index in [9.17, 15) is 9.90 Å². The molecule has 1 N–H and O–H groups in total. The summed E-state index contributed by atoms with van der Waals surface area (Å²) < 4.78 is 5.03. The maximum Gasteiger partial charge on any atom is 0.316 e. The Bertz CT molecular complexity index is 346. The summed E-state index contributed by atoms with van der Waals surface area (Å²) in [6.07, 6.45) is -0.726. The lowest BCUT2D eigenvalue weighted by atomic mass is 9.87. The van der Waals surface area contributed by atoms with Gasteiger partial charge in [0.1, 0.15) is 5.92 Å². The molecule has 3 heteroatoms. The maximum absolute atomic E-state index is 11.9. The molecule has 0 heterocycles. The van der Waals surface area contributed by atoms with Crippen molar-refractivity contribution in [2.45, 2.75) is 32.8 Å². The smallest absolute Gasteiger partial charge is 0.316 e. The number of benzene rings is 1. The Morgan fingerprint density at radius 3 is 2.35 bits per heavy atom. The molecule has 1 rings (SSSR count). The molecule has 0 aliphatic carbocycles. The van der Waals surface area contributed by atoms with Gasteiger partial charge in [-0.25, -0.2) is 0 Å². The SMILES string of the molecule is CCOC(=O)[C@@H](c1ccccc1)[C@H](O)C(C)C. The van der Waals surface area contributed by atoms with Gasteiger partial charge in [-0.1, -0.05) is 44.2 Å². The van der Waals surface area contributed by atoms with Crippen LogP contribution in [-0.4, -0.2) is 23.8 Å². The molecule has 0 amide bonds. The molecule has 94 valence electrons. The van der Waals surface area contributed by atoms with Crippen molar-refractivity contribution in [1.82, 2.24) is 0 Å². The Morgan fingerprint density at radius 2 is 1.88 bits per heavy atom. The largest absolute Gasteiger partial charge is 0.465 e. The summed E-state index contributed by atoms with van der Waals surface area (Å²) in [7, 11) is 0. The predicted molar refractivity (Wildman–Crippen MR) is 66.7 cm³/mol. The van der Waals surface area contributed by atoms with Crippen molar-refractivity contribution in [2.24, 2.45) is 5.92 Å². The summed E-state index contributed by atoms with van der Waals surface area (Å²) in [6, 6.07) is 9.27. The highest BCUT2D eigenvalue weighted by Crippen LogP contribution is 2.25. The van der Waals surface area contributed by atoms with Gasteiger partial charge in [-0.15, -0.1) is 0 Å². The number of carbonyl (C=O) groups excluding carboxylic acids is 1. The highest BCUT2D eigenvalue weighted by atomic mass is 16.5. The Labute approximate surface area is 102 Å². The Hall–Kier alpha value is -1.35. The number of aliphatic hydroxyl groups is 1. The lowest BCUT2D eigenvalue weighted by molar-refractivity contribution is -0.148. The van der Waals surface area contributed by atoms with Crippen LogP contribution < -0.4 is 0 Å². The summed E-state index contributed by atoms with van der Waals surface area (Å²) in [5, 5.41) is 10.1. The van der Waals surface area contributed by atoms with Crippen LogP contribution in [0.2, 0.25) is 0 Å². The number of hydrogen-bond acceptors (Lipinski definition) is 3. The average molecular weight is 236 g/mol. The monoisotopic (exact) mass is 236 g/mol. The van der Waals surface area contributed by atoms with Gasteiger partial charge >= 0.3 is 5.97 Å². The number of esters is 1. The lowest BCUT2D eigenvalue weighted by Gasteiger charge is -2.24. The van der Waals surface area contributed by atoms with Crippen molar-refractivity contribution in [3.8, 4) is 0 Å².